The third-order valence-corrected chi connectivity index (χ3v) is 3.52. The summed E-state index contributed by atoms with van der Waals surface area (Å²) >= 11 is 0. The second kappa shape index (κ2) is 6.90. The van der Waals surface area contributed by atoms with Crippen molar-refractivity contribution in [3.05, 3.63) is 47.0 Å². The van der Waals surface area contributed by atoms with Crippen molar-refractivity contribution in [3.63, 3.8) is 0 Å². The molecule has 0 saturated heterocycles. The Bertz CT molecular complexity index is 863. The van der Waals surface area contributed by atoms with Gasteiger partial charge in [0.2, 0.25) is 0 Å². The molecule has 0 aliphatic rings. The number of nitro groups is 1. The van der Waals surface area contributed by atoms with Crippen LogP contribution in [0.4, 0.5) is 11.5 Å². The maximum absolute atomic E-state index is 10.7. The average molecular weight is 328 g/mol. The van der Waals surface area contributed by atoms with Crippen molar-refractivity contribution in [1.82, 2.24) is 19.5 Å². The Kier molecular flexibility index (Phi) is 4.50. The SMILES string of the molecule is Nc1ncnc2c1ncn2CCCCOc1cccc([N+](=O)[O-])c1. The lowest BCUT2D eigenvalue weighted by molar-refractivity contribution is -0.384. The number of anilines is 1. The van der Waals surface area contributed by atoms with Gasteiger partial charge in [-0.15, -0.1) is 0 Å². The molecule has 3 rings (SSSR count). The molecule has 0 radical (unpaired) electrons. The maximum atomic E-state index is 10.7. The number of benzene rings is 1. The molecular weight excluding hydrogens is 312 g/mol. The number of rotatable bonds is 7. The highest BCUT2D eigenvalue weighted by Gasteiger charge is 2.08. The quantitative estimate of drug-likeness (QED) is 0.400. The van der Waals surface area contributed by atoms with E-state index in [9.17, 15) is 10.1 Å². The van der Waals surface area contributed by atoms with E-state index in [0.717, 1.165) is 19.4 Å². The smallest absolute Gasteiger partial charge is 0.273 e. The molecule has 2 N–H and O–H groups in total. The summed E-state index contributed by atoms with van der Waals surface area (Å²) in [4.78, 5) is 22.6. The maximum Gasteiger partial charge on any atom is 0.273 e. The van der Waals surface area contributed by atoms with Crippen LogP contribution in [0.5, 0.6) is 5.75 Å². The number of aromatic nitrogens is 4. The van der Waals surface area contributed by atoms with Gasteiger partial charge in [0.1, 0.15) is 17.6 Å². The van der Waals surface area contributed by atoms with Crippen LogP contribution in [0.15, 0.2) is 36.9 Å². The Morgan fingerprint density at radius 1 is 1.25 bits per heavy atom. The second-order valence-electron chi connectivity index (χ2n) is 5.18. The van der Waals surface area contributed by atoms with E-state index in [2.05, 4.69) is 15.0 Å². The van der Waals surface area contributed by atoms with Gasteiger partial charge in [0.05, 0.1) is 23.9 Å². The molecule has 0 aliphatic carbocycles. The number of fused-ring (bicyclic) bond motifs is 1. The predicted octanol–water partition coefficient (Wildman–Crippen LogP) is 2.18. The van der Waals surface area contributed by atoms with E-state index in [1.54, 1.807) is 18.5 Å². The van der Waals surface area contributed by atoms with Gasteiger partial charge in [0, 0.05) is 12.6 Å². The molecule has 9 nitrogen and oxygen atoms in total. The van der Waals surface area contributed by atoms with Crippen LogP contribution in [0.2, 0.25) is 0 Å². The van der Waals surface area contributed by atoms with Gasteiger partial charge in [-0.1, -0.05) is 6.07 Å². The van der Waals surface area contributed by atoms with Crippen LogP contribution in [0, 0.1) is 10.1 Å². The van der Waals surface area contributed by atoms with Crippen molar-refractivity contribution >= 4 is 22.7 Å². The zero-order chi connectivity index (χ0) is 16.9. The first-order valence-corrected chi connectivity index (χ1v) is 7.44. The van der Waals surface area contributed by atoms with Gasteiger partial charge in [0.25, 0.3) is 5.69 Å². The number of nitrogens with two attached hydrogens (primary N) is 1. The fourth-order valence-corrected chi connectivity index (χ4v) is 2.32. The Hall–Kier alpha value is -3.23. The molecule has 0 unspecified atom stereocenters. The summed E-state index contributed by atoms with van der Waals surface area (Å²) in [6, 6.07) is 6.17. The molecule has 3 aromatic rings. The van der Waals surface area contributed by atoms with Crippen LogP contribution in [0.1, 0.15) is 12.8 Å². The number of non-ortho nitro benzene ring substituents is 1. The highest BCUT2D eigenvalue weighted by Crippen LogP contribution is 2.19. The van der Waals surface area contributed by atoms with Crippen LogP contribution >= 0.6 is 0 Å². The zero-order valence-corrected chi connectivity index (χ0v) is 12.8. The number of nitrogens with zero attached hydrogens (tertiary/aromatic N) is 5. The van der Waals surface area contributed by atoms with E-state index < -0.39 is 4.92 Å². The molecule has 24 heavy (non-hydrogen) atoms. The molecule has 0 bridgehead atoms. The van der Waals surface area contributed by atoms with Crippen LogP contribution in [-0.2, 0) is 6.54 Å². The average Bonchev–Trinajstić information content (AvgIpc) is 2.99. The van der Waals surface area contributed by atoms with Crippen molar-refractivity contribution in [2.75, 3.05) is 12.3 Å². The monoisotopic (exact) mass is 328 g/mol. The molecule has 2 heterocycles. The molecule has 9 heteroatoms. The molecule has 2 aromatic heterocycles. The molecule has 124 valence electrons. The van der Waals surface area contributed by atoms with E-state index in [4.69, 9.17) is 10.5 Å². The number of aryl methyl sites for hydroxylation is 1. The summed E-state index contributed by atoms with van der Waals surface area (Å²) in [5.74, 6) is 0.866. The topological polar surface area (TPSA) is 122 Å². The van der Waals surface area contributed by atoms with Crippen LogP contribution in [0.25, 0.3) is 11.2 Å². The summed E-state index contributed by atoms with van der Waals surface area (Å²) in [7, 11) is 0. The normalized spacial score (nSPS) is 10.8. The Balaban J connectivity index is 1.49. The van der Waals surface area contributed by atoms with Crippen LogP contribution in [-0.4, -0.2) is 31.0 Å². The molecule has 0 aliphatic heterocycles. The number of nitrogen functional groups attached to an aromatic ring is 1. The van der Waals surface area contributed by atoms with E-state index >= 15 is 0 Å². The van der Waals surface area contributed by atoms with Crippen LogP contribution < -0.4 is 10.5 Å². The summed E-state index contributed by atoms with van der Waals surface area (Å²) in [5.41, 5.74) is 7.08. The van der Waals surface area contributed by atoms with Gasteiger partial charge < -0.3 is 15.0 Å². The summed E-state index contributed by atoms with van der Waals surface area (Å²) < 4.78 is 7.47. The van der Waals surface area contributed by atoms with Crippen molar-refractivity contribution in [2.45, 2.75) is 19.4 Å². The summed E-state index contributed by atoms with van der Waals surface area (Å²) in [6.07, 6.45) is 4.76. The molecule has 0 atom stereocenters. The Morgan fingerprint density at radius 3 is 2.96 bits per heavy atom. The number of ether oxygens (including phenoxy) is 1. The minimum absolute atomic E-state index is 0.0228. The lowest BCUT2D eigenvalue weighted by Crippen LogP contribution is -2.03. The van der Waals surface area contributed by atoms with Crippen molar-refractivity contribution in [1.29, 1.82) is 0 Å². The fourth-order valence-electron chi connectivity index (χ4n) is 2.32. The molecular formula is C15H16N6O3. The lowest BCUT2D eigenvalue weighted by Gasteiger charge is -2.07. The molecule has 0 fully saturated rings. The fraction of sp³-hybridized carbons (Fsp3) is 0.267. The number of hydrogen-bond acceptors (Lipinski definition) is 7. The second-order valence-corrected chi connectivity index (χ2v) is 5.18. The van der Waals surface area contributed by atoms with Gasteiger partial charge in [-0.2, -0.15) is 0 Å². The van der Waals surface area contributed by atoms with Crippen molar-refractivity contribution in [2.24, 2.45) is 0 Å². The number of imidazole rings is 1. The summed E-state index contributed by atoms with van der Waals surface area (Å²) in [6.45, 7) is 1.20. The Labute approximate surface area is 137 Å². The third kappa shape index (κ3) is 3.40. The minimum Gasteiger partial charge on any atom is -0.493 e. The molecule has 1 aromatic carbocycles. The third-order valence-electron chi connectivity index (χ3n) is 3.52. The van der Waals surface area contributed by atoms with E-state index in [-0.39, 0.29) is 5.69 Å². The van der Waals surface area contributed by atoms with Gasteiger partial charge >= 0.3 is 0 Å². The van der Waals surface area contributed by atoms with Crippen LogP contribution in [0.3, 0.4) is 0 Å². The summed E-state index contributed by atoms with van der Waals surface area (Å²) in [5, 5.41) is 10.7. The van der Waals surface area contributed by atoms with Gasteiger partial charge in [0.15, 0.2) is 11.5 Å². The van der Waals surface area contributed by atoms with Crippen molar-refractivity contribution < 1.29 is 9.66 Å². The van der Waals surface area contributed by atoms with Gasteiger partial charge in [-0.05, 0) is 18.9 Å². The number of nitro benzene ring substituents is 1. The number of unbranched alkanes of at least 4 members (excludes halogenated alkanes) is 1. The highest BCUT2D eigenvalue weighted by atomic mass is 16.6. The first-order valence-electron chi connectivity index (χ1n) is 7.44. The van der Waals surface area contributed by atoms with E-state index in [0.29, 0.717) is 29.3 Å². The first kappa shape index (κ1) is 15.7. The Morgan fingerprint density at radius 2 is 2.12 bits per heavy atom. The molecule has 0 saturated carbocycles. The van der Waals surface area contributed by atoms with E-state index in [1.807, 2.05) is 4.57 Å². The lowest BCUT2D eigenvalue weighted by atomic mass is 10.3. The van der Waals surface area contributed by atoms with Gasteiger partial charge in [-0.25, -0.2) is 15.0 Å². The zero-order valence-electron chi connectivity index (χ0n) is 12.8. The van der Waals surface area contributed by atoms with Gasteiger partial charge in [-0.3, -0.25) is 10.1 Å². The molecule has 0 amide bonds. The largest absolute Gasteiger partial charge is 0.493 e. The molecule has 0 spiro atoms. The standard InChI is InChI=1S/C15H16N6O3/c16-14-13-15(18-9-17-14)20(10-19-13)6-1-2-7-24-12-5-3-4-11(8-12)21(22)23/h3-5,8-10H,1-2,6-7H2,(H2,16,17,18). The minimum atomic E-state index is -0.440. The first-order chi connectivity index (χ1) is 11.6. The predicted molar refractivity (Wildman–Crippen MR) is 87.6 cm³/mol. The highest BCUT2D eigenvalue weighted by molar-refractivity contribution is 5.80. The van der Waals surface area contributed by atoms with E-state index in [1.165, 1.54) is 18.5 Å². The number of hydrogen-bond donors (Lipinski definition) is 1. The van der Waals surface area contributed by atoms with Crippen molar-refractivity contribution in [3.8, 4) is 5.75 Å².